The van der Waals surface area contributed by atoms with Gasteiger partial charge in [0.05, 0.1) is 13.2 Å². The molecule has 0 heterocycles. The quantitative estimate of drug-likeness (QED) is 0.522. The molecular weight excluding hydrogens is 243 g/mol. The molecule has 6 heteroatoms. The Bertz CT molecular complexity index is 273. The van der Waals surface area contributed by atoms with Crippen molar-refractivity contribution in [3.05, 3.63) is 0 Å². The number of hydrogen-bond donors (Lipinski definition) is 0. The third-order valence-corrected chi connectivity index (χ3v) is 4.78. The highest BCUT2D eigenvalue weighted by Gasteiger charge is 2.48. The molecule has 1 fully saturated rings. The van der Waals surface area contributed by atoms with E-state index in [1.807, 2.05) is 6.92 Å². The Kier molecular flexibility index (Phi) is 5.61. The smallest absolute Gasteiger partial charge is 0.352 e. The van der Waals surface area contributed by atoms with Crippen molar-refractivity contribution in [2.75, 3.05) is 20.3 Å². The Morgan fingerprint density at radius 2 is 1.88 bits per heavy atom. The zero-order valence-corrected chi connectivity index (χ0v) is 12.0. The fraction of sp³-hybridized carbons (Fsp3) is 1.00. The average Bonchev–Trinajstić information content (AvgIpc) is 2.61. The van der Waals surface area contributed by atoms with Crippen LogP contribution in [0.5, 0.6) is 0 Å². The number of hydrogen-bond acceptors (Lipinski definition) is 5. The van der Waals surface area contributed by atoms with Gasteiger partial charge >= 0.3 is 7.82 Å². The standard InChI is InChI=1S/C11H23O5P/c1-5-14-17(12,15-6-2)16-11(13-4)9-7-8-10(11)3/h10H,5-9H2,1-4H3. The topological polar surface area (TPSA) is 54.0 Å². The summed E-state index contributed by atoms with van der Waals surface area (Å²) >= 11 is 0. The number of phosphoric ester groups is 1. The van der Waals surface area contributed by atoms with Gasteiger partial charge in [-0.05, 0) is 26.7 Å². The van der Waals surface area contributed by atoms with Gasteiger partial charge in [0.2, 0.25) is 0 Å². The van der Waals surface area contributed by atoms with Gasteiger partial charge in [0, 0.05) is 19.4 Å². The Balaban J connectivity index is 2.80. The summed E-state index contributed by atoms with van der Waals surface area (Å²) < 4.78 is 33.7. The molecule has 102 valence electrons. The van der Waals surface area contributed by atoms with E-state index in [2.05, 4.69) is 0 Å². The van der Waals surface area contributed by atoms with Crippen LogP contribution in [0.1, 0.15) is 40.0 Å². The van der Waals surface area contributed by atoms with Gasteiger partial charge in [0.15, 0.2) is 5.79 Å². The van der Waals surface area contributed by atoms with Crippen LogP contribution in [-0.4, -0.2) is 26.1 Å². The van der Waals surface area contributed by atoms with Crippen LogP contribution in [-0.2, 0) is 22.9 Å². The Labute approximate surface area is 103 Å². The summed E-state index contributed by atoms with van der Waals surface area (Å²) in [6.45, 7) is 6.11. The minimum Gasteiger partial charge on any atom is -0.352 e. The Hall–Kier alpha value is 0.0700. The van der Waals surface area contributed by atoms with Crippen molar-refractivity contribution in [2.45, 2.75) is 45.8 Å². The molecule has 0 N–H and O–H groups in total. The molecule has 2 atom stereocenters. The molecule has 17 heavy (non-hydrogen) atoms. The van der Waals surface area contributed by atoms with Crippen molar-refractivity contribution in [3.8, 4) is 0 Å². The lowest BCUT2D eigenvalue weighted by Crippen LogP contribution is -2.37. The van der Waals surface area contributed by atoms with Crippen molar-refractivity contribution < 1.29 is 22.9 Å². The lowest BCUT2D eigenvalue weighted by atomic mass is 10.1. The van der Waals surface area contributed by atoms with Crippen molar-refractivity contribution in [2.24, 2.45) is 5.92 Å². The van der Waals surface area contributed by atoms with Gasteiger partial charge in [-0.2, -0.15) is 0 Å². The molecule has 5 nitrogen and oxygen atoms in total. The lowest BCUT2D eigenvalue weighted by molar-refractivity contribution is -0.196. The van der Waals surface area contributed by atoms with Crippen LogP contribution >= 0.6 is 7.82 Å². The molecule has 1 rings (SSSR count). The molecule has 0 aromatic carbocycles. The van der Waals surface area contributed by atoms with Gasteiger partial charge in [-0.1, -0.05) is 6.92 Å². The monoisotopic (exact) mass is 266 g/mol. The van der Waals surface area contributed by atoms with Crippen molar-refractivity contribution in [3.63, 3.8) is 0 Å². The molecule has 1 aliphatic rings. The molecule has 0 spiro atoms. The minimum atomic E-state index is -3.51. The summed E-state index contributed by atoms with van der Waals surface area (Å²) in [6.07, 6.45) is 2.70. The van der Waals surface area contributed by atoms with Gasteiger partial charge in [-0.25, -0.2) is 4.57 Å². The van der Waals surface area contributed by atoms with Crippen LogP contribution in [0, 0.1) is 5.92 Å². The maximum atomic E-state index is 12.3. The van der Waals surface area contributed by atoms with E-state index in [-0.39, 0.29) is 19.1 Å². The van der Waals surface area contributed by atoms with E-state index in [0.29, 0.717) is 0 Å². The first kappa shape index (κ1) is 15.1. The van der Waals surface area contributed by atoms with Gasteiger partial charge in [-0.3, -0.25) is 13.6 Å². The van der Waals surface area contributed by atoms with Gasteiger partial charge in [-0.15, -0.1) is 0 Å². The van der Waals surface area contributed by atoms with Crippen LogP contribution in [0.15, 0.2) is 0 Å². The molecule has 0 bridgehead atoms. The number of rotatable bonds is 7. The summed E-state index contributed by atoms with van der Waals surface area (Å²) in [6, 6.07) is 0. The number of methoxy groups -OCH3 is 1. The van der Waals surface area contributed by atoms with Crippen LogP contribution in [0.4, 0.5) is 0 Å². The highest BCUT2D eigenvalue weighted by Crippen LogP contribution is 2.57. The van der Waals surface area contributed by atoms with Crippen LogP contribution in [0.25, 0.3) is 0 Å². The van der Waals surface area contributed by atoms with Gasteiger partial charge < -0.3 is 4.74 Å². The summed E-state index contributed by atoms with van der Waals surface area (Å²) in [5.74, 6) is -0.651. The fourth-order valence-corrected chi connectivity index (χ4v) is 3.73. The second-order valence-electron chi connectivity index (χ2n) is 4.18. The molecule has 0 amide bonds. The molecule has 2 unspecified atom stereocenters. The van der Waals surface area contributed by atoms with E-state index in [1.165, 1.54) is 0 Å². The first-order valence-corrected chi connectivity index (χ1v) is 7.63. The first-order valence-electron chi connectivity index (χ1n) is 6.17. The minimum absolute atomic E-state index is 0.182. The van der Waals surface area contributed by atoms with Crippen LogP contribution < -0.4 is 0 Å². The summed E-state index contributed by atoms with van der Waals surface area (Å²) in [5.41, 5.74) is 0. The first-order chi connectivity index (χ1) is 8.02. The Morgan fingerprint density at radius 3 is 2.24 bits per heavy atom. The van der Waals surface area contributed by atoms with E-state index < -0.39 is 13.6 Å². The highest BCUT2D eigenvalue weighted by atomic mass is 31.2. The van der Waals surface area contributed by atoms with E-state index in [9.17, 15) is 4.57 Å². The van der Waals surface area contributed by atoms with E-state index in [1.54, 1.807) is 21.0 Å². The van der Waals surface area contributed by atoms with Crippen LogP contribution in [0.2, 0.25) is 0 Å². The SMILES string of the molecule is CCOP(=O)(OCC)OC1(OC)CCCC1C. The van der Waals surface area contributed by atoms with Gasteiger partial charge in [0.25, 0.3) is 0 Å². The summed E-state index contributed by atoms with van der Waals surface area (Å²) in [7, 11) is -1.94. The second kappa shape index (κ2) is 6.30. The summed E-state index contributed by atoms with van der Waals surface area (Å²) in [5, 5.41) is 0. The zero-order chi connectivity index (χ0) is 12.9. The maximum absolute atomic E-state index is 12.3. The van der Waals surface area contributed by atoms with Crippen molar-refractivity contribution in [1.29, 1.82) is 0 Å². The fourth-order valence-electron chi connectivity index (χ4n) is 2.19. The highest BCUT2D eigenvalue weighted by molar-refractivity contribution is 7.48. The third kappa shape index (κ3) is 3.52. The molecule has 0 aromatic heterocycles. The van der Waals surface area contributed by atoms with Crippen molar-refractivity contribution >= 4 is 7.82 Å². The van der Waals surface area contributed by atoms with E-state index >= 15 is 0 Å². The lowest BCUT2D eigenvalue weighted by Gasteiger charge is -2.34. The predicted octanol–water partition coefficient (Wildman–Crippen LogP) is 3.35. The molecule has 0 radical (unpaired) electrons. The zero-order valence-electron chi connectivity index (χ0n) is 11.1. The normalized spacial score (nSPS) is 29.8. The molecule has 1 aliphatic carbocycles. The van der Waals surface area contributed by atoms with E-state index in [0.717, 1.165) is 19.3 Å². The van der Waals surface area contributed by atoms with Crippen molar-refractivity contribution in [1.82, 2.24) is 0 Å². The third-order valence-electron chi connectivity index (χ3n) is 3.10. The van der Waals surface area contributed by atoms with E-state index in [4.69, 9.17) is 18.3 Å². The molecule has 0 saturated heterocycles. The predicted molar refractivity (Wildman–Crippen MR) is 64.7 cm³/mol. The number of ether oxygens (including phenoxy) is 1. The molecular formula is C11H23O5P. The molecule has 1 saturated carbocycles. The van der Waals surface area contributed by atoms with Crippen LogP contribution in [0.3, 0.4) is 0 Å². The summed E-state index contributed by atoms with van der Waals surface area (Å²) in [4.78, 5) is 0. The molecule has 0 aromatic rings. The maximum Gasteiger partial charge on any atom is 0.477 e. The molecule has 0 aliphatic heterocycles. The van der Waals surface area contributed by atoms with Gasteiger partial charge in [0.1, 0.15) is 0 Å². The average molecular weight is 266 g/mol. The largest absolute Gasteiger partial charge is 0.477 e. The number of phosphoric acid groups is 1. The second-order valence-corrected chi connectivity index (χ2v) is 5.78. The Morgan fingerprint density at radius 1 is 1.29 bits per heavy atom.